The number of hydrogen-bond donors (Lipinski definition) is 1. The number of nitrogens with one attached hydrogen (secondary N) is 1. The molecule has 0 aliphatic carbocycles. The maximum absolute atomic E-state index is 12.1. The highest BCUT2D eigenvalue weighted by molar-refractivity contribution is 5.93. The monoisotopic (exact) mass is 292 g/mol. The first-order valence-corrected chi connectivity index (χ1v) is 7.03. The summed E-state index contributed by atoms with van der Waals surface area (Å²) >= 11 is 0. The Morgan fingerprint density at radius 3 is 2.43 bits per heavy atom. The molecule has 0 radical (unpaired) electrons. The lowest BCUT2D eigenvalue weighted by Crippen LogP contribution is -2.36. The molecule has 0 saturated carbocycles. The van der Waals surface area contributed by atoms with E-state index in [9.17, 15) is 9.59 Å². The third-order valence-electron chi connectivity index (χ3n) is 2.91. The van der Waals surface area contributed by atoms with Gasteiger partial charge >= 0.3 is 5.97 Å². The largest absolute Gasteiger partial charge is 0.460 e. The van der Waals surface area contributed by atoms with Crippen LogP contribution >= 0.6 is 0 Å². The van der Waals surface area contributed by atoms with E-state index in [0.29, 0.717) is 18.5 Å². The van der Waals surface area contributed by atoms with E-state index in [1.165, 1.54) is 6.20 Å². The Labute approximate surface area is 126 Å². The summed E-state index contributed by atoms with van der Waals surface area (Å²) in [6, 6.07) is 3.40. The number of nitrogens with zero attached hydrogens (tertiary/aromatic N) is 1. The molecule has 1 aromatic heterocycles. The fourth-order valence-electron chi connectivity index (χ4n) is 1.61. The quantitative estimate of drug-likeness (QED) is 0.847. The maximum Gasteiger partial charge on any atom is 0.312 e. The summed E-state index contributed by atoms with van der Waals surface area (Å²) in [6.45, 7) is 9.55. The second-order valence-electron chi connectivity index (χ2n) is 6.63. The molecular formula is C16H24N2O3. The minimum absolute atomic E-state index is 0.192. The molecule has 5 nitrogen and oxygen atoms in total. The van der Waals surface area contributed by atoms with E-state index in [4.69, 9.17) is 4.74 Å². The lowest BCUT2D eigenvalue weighted by molar-refractivity contribution is -0.165. The Hall–Kier alpha value is -1.91. The smallest absolute Gasteiger partial charge is 0.312 e. The molecule has 5 heteroatoms. The summed E-state index contributed by atoms with van der Waals surface area (Å²) in [4.78, 5) is 27.8. The van der Waals surface area contributed by atoms with Crippen LogP contribution in [0.2, 0.25) is 0 Å². The summed E-state index contributed by atoms with van der Waals surface area (Å²) in [6.07, 6.45) is 3.63. The minimum Gasteiger partial charge on any atom is -0.460 e. The van der Waals surface area contributed by atoms with Crippen molar-refractivity contribution in [1.82, 2.24) is 10.3 Å². The van der Waals surface area contributed by atoms with Crippen molar-refractivity contribution in [3.8, 4) is 0 Å². The molecule has 1 aromatic rings. The van der Waals surface area contributed by atoms with Crippen LogP contribution < -0.4 is 5.32 Å². The molecule has 0 aliphatic rings. The van der Waals surface area contributed by atoms with E-state index in [1.54, 1.807) is 18.3 Å². The Balaban J connectivity index is 2.47. The van der Waals surface area contributed by atoms with Crippen LogP contribution in [-0.2, 0) is 9.53 Å². The van der Waals surface area contributed by atoms with Crippen molar-refractivity contribution in [2.45, 2.75) is 46.6 Å². The highest BCUT2D eigenvalue weighted by atomic mass is 16.6. The molecule has 1 heterocycles. The van der Waals surface area contributed by atoms with E-state index >= 15 is 0 Å². The van der Waals surface area contributed by atoms with Crippen molar-refractivity contribution < 1.29 is 14.3 Å². The van der Waals surface area contributed by atoms with E-state index in [-0.39, 0.29) is 11.9 Å². The van der Waals surface area contributed by atoms with E-state index in [0.717, 1.165) is 0 Å². The van der Waals surface area contributed by atoms with Gasteiger partial charge in [0.05, 0.1) is 11.0 Å². The van der Waals surface area contributed by atoms with Crippen molar-refractivity contribution in [2.75, 3.05) is 6.54 Å². The van der Waals surface area contributed by atoms with Gasteiger partial charge < -0.3 is 10.1 Å². The lowest BCUT2D eigenvalue weighted by Gasteiger charge is -2.28. The van der Waals surface area contributed by atoms with Crippen LogP contribution in [0, 0.1) is 5.41 Å². The van der Waals surface area contributed by atoms with Gasteiger partial charge in [0.25, 0.3) is 5.91 Å². The molecule has 1 N–H and O–H groups in total. The first-order valence-electron chi connectivity index (χ1n) is 7.03. The zero-order chi connectivity index (χ0) is 16.1. The third kappa shape index (κ3) is 5.94. The van der Waals surface area contributed by atoms with Gasteiger partial charge in [-0.15, -0.1) is 0 Å². The number of rotatable bonds is 5. The third-order valence-corrected chi connectivity index (χ3v) is 2.91. The van der Waals surface area contributed by atoms with Gasteiger partial charge in [0.15, 0.2) is 0 Å². The second-order valence-corrected chi connectivity index (χ2v) is 6.63. The maximum atomic E-state index is 12.1. The van der Waals surface area contributed by atoms with Gasteiger partial charge in [-0.25, -0.2) is 0 Å². The van der Waals surface area contributed by atoms with Crippen LogP contribution in [0.15, 0.2) is 24.5 Å². The molecule has 0 fully saturated rings. The van der Waals surface area contributed by atoms with Gasteiger partial charge in [0, 0.05) is 18.9 Å². The molecule has 0 bridgehead atoms. The molecule has 0 aliphatic heterocycles. The second kappa shape index (κ2) is 6.70. The summed E-state index contributed by atoms with van der Waals surface area (Å²) in [7, 11) is 0. The average Bonchev–Trinajstić information content (AvgIpc) is 2.37. The highest BCUT2D eigenvalue weighted by Crippen LogP contribution is 2.24. The molecule has 0 aromatic carbocycles. The Morgan fingerprint density at radius 1 is 1.24 bits per heavy atom. The molecule has 0 unspecified atom stereocenters. The summed E-state index contributed by atoms with van der Waals surface area (Å²) in [5.41, 5.74) is -0.643. The van der Waals surface area contributed by atoms with Crippen LogP contribution in [0.1, 0.15) is 51.4 Å². The standard InChI is InChI=1S/C16H24N2O3/c1-15(2,3)21-14(20)16(4,5)8-10-18-13(19)12-7-6-9-17-11-12/h6-7,9,11H,8,10H2,1-5H3,(H,18,19). The zero-order valence-corrected chi connectivity index (χ0v) is 13.4. The Kier molecular flexibility index (Phi) is 5.47. The Morgan fingerprint density at radius 2 is 1.90 bits per heavy atom. The van der Waals surface area contributed by atoms with Gasteiger partial charge in [-0.05, 0) is 53.2 Å². The Bertz CT molecular complexity index is 490. The van der Waals surface area contributed by atoms with E-state index in [1.807, 2.05) is 34.6 Å². The topological polar surface area (TPSA) is 68.3 Å². The number of ether oxygens (including phenoxy) is 1. The first-order chi connectivity index (χ1) is 9.62. The molecule has 0 atom stereocenters. The van der Waals surface area contributed by atoms with Crippen molar-refractivity contribution >= 4 is 11.9 Å². The number of amides is 1. The molecular weight excluding hydrogens is 268 g/mol. The van der Waals surface area contributed by atoms with Crippen LogP contribution in [-0.4, -0.2) is 29.0 Å². The van der Waals surface area contributed by atoms with Gasteiger partial charge in [0.2, 0.25) is 0 Å². The van der Waals surface area contributed by atoms with Crippen LogP contribution in [0.3, 0.4) is 0 Å². The summed E-state index contributed by atoms with van der Waals surface area (Å²) in [5.74, 6) is -0.450. The summed E-state index contributed by atoms with van der Waals surface area (Å²) in [5, 5.41) is 2.79. The predicted octanol–water partition coefficient (Wildman–Crippen LogP) is 2.57. The minimum atomic E-state index is -0.643. The van der Waals surface area contributed by atoms with Crippen molar-refractivity contribution in [1.29, 1.82) is 0 Å². The molecule has 21 heavy (non-hydrogen) atoms. The highest BCUT2D eigenvalue weighted by Gasteiger charge is 2.32. The van der Waals surface area contributed by atoms with Gasteiger partial charge in [-0.3, -0.25) is 14.6 Å². The zero-order valence-electron chi connectivity index (χ0n) is 13.4. The lowest BCUT2D eigenvalue weighted by atomic mass is 9.89. The van der Waals surface area contributed by atoms with E-state index in [2.05, 4.69) is 10.3 Å². The number of carbonyl (C=O) groups is 2. The van der Waals surface area contributed by atoms with Gasteiger partial charge in [-0.2, -0.15) is 0 Å². The molecule has 1 amide bonds. The van der Waals surface area contributed by atoms with Crippen molar-refractivity contribution in [3.05, 3.63) is 30.1 Å². The molecule has 1 rings (SSSR count). The fourth-order valence-corrected chi connectivity index (χ4v) is 1.61. The van der Waals surface area contributed by atoms with Crippen molar-refractivity contribution in [2.24, 2.45) is 5.41 Å². The SMILES string of the molecule is CC(C)(C)OC(=O)C(C)(C)CCNC(=O)c1cccnc1. The van der Waals surface area contributed by atoms with Crippen LogP contribution in [0.5, 0.6) is 0 Å². The first kappa shape index (κ1) is 17.1. The van der Waals surface area contributed by atoms with Gasteiger partial charge in [-0.1, -0.05) is 0 Å². The average molecular weight is 292 g/mol. The molecule has 0 saturated heterocycles. The number of carbonyl (C=O) groups excluding carboxylic acids is 2. The molecule has 116 valence electrons. The normalized spacial score (nSPS) is 11.9. The number of pyridine rings is 1. The number of esters is 1. The molecule has 0 spiro atoms. The summed E-state index contributed by atoms with van der Waals surface area (Å²) < 4.78 is 5.38. The number of hydrogen-bond acceptors (Lipinski definition) is 4. The van der Waals surface area contributed by atoms with Crippen LogP contribution in [0.4, 0.5) is 0 Å². The van der Waals surface area contributed by atoms with Gasteiger partial charge in [0.1, 0.15) is 5.60 Å². The predicted molar refractivity (Wildman–Crippen MR) is 80.8 cm³/mol. The van der Waals surface area contributed by atoms with Crippen LogP contribution in [0.25, 0.3) is 0 Å². The number of aromatic nitrogens is 1. The van der Waals surface area contributed by atoms with E-state index < -0.39 is 11.0 Å². The fraction of sp³-hybridized carbons (Fsp3) is 0.562. The van der Waals surface area contributed by atoms with Crippen molar-refractivity contribution in [3.63, 3.8) is 0 Å².